The second kappa shape index (κ2) is 8.98. The predicted molar refractivity (Wildman–Crippen MR) is 135 cm³/mol. The number of alkyl halides is 2. The van der Waals surface area contributed by atoms with Crippen molar-refractivity contribution in [3.63, 3.8) is 0 Å². The summed E-state index contributed by atoms with van der Waals surface area (Å²) >= 11 is 13.8. The lowest BCUT2D eigenvalue weighted by Crippen LogP contribution is -2.52. The van der Waals surface area contributed by atoms with Crippen LogP contribution in [-0.2, 0) is 13.6 Å². The highest BCUT2D eigenvalue weighted by Gasteiger charge is 2.59. The van der Waals surface area contributed by atoms with Crippen molar-refractivity contribution in [3.8, 4) is 0 Å². The lowest BCUT2D eigenvalue weighted by atomic mass is 10.2. The molecule has 1 N–H and O–H groups in total. The number of nitrogens with one attached hydrogen (secondary N) is 1. The lowest BCUT2D eigenvalue weighted by molar-refractivity contribution is -0.0416. The molecule has 0 radical (unpaired) electrons. The largest absolute Gasteiger partial charge is 0.414 e. The molecule has 3 atom stereocenters. The fourth-order valence-electron chi connectivity index (χ4n) is 2.86. The molecule has 1 aromatic rings. The maximum Gasteiger partial charge on any atom is 0.330 e. The van der Waals surface area contributed by atoms with Crippen LogP contribution >= 0.6 is 23.2 Å². The minimum atomic E-state index is -2.30. The first kappa shape index (κ1) is 27.8. The number of halogens is 2. The molecule has 0 aromatic carbocycles. The summed E-state index contributed by atoms with van der Waals surface area (Å²) in [5.74, 6) is 0. The Morgan fingerprint density at radius 3 is 2.06 bits per heavy atom. The van der Waals surface area contributed by atoms with Gasteiger partial charge in [-0.1, -0.05) is 64.7 Å². The zero-order valence-electron chi connectivity index (χ0n) is 20.8. The molecule has 0 bridgehead atoms. The zero-order valence-corrected chi connectivity index (χ0v) is 24.4. The summed E-state index contributed by atoms with van der Waals surface area (Å²) in [6.45, 7) is 21.7. The monoisotopic (exact) mass is 524 g/mol. The van der Waals surface area contributed by atoms with E-state index < -0.39 is 50.7 Å². The molecule has 184 valence electrons. The molecule has 1 aliphatic rings. The van der Waals surface area contributed by atoms with Crippen LogP contribution in [0.25, 0.3) is 0 Å². The van der Waals surface area contributed by atoms with E-state index in [1.165, 1.54) is 16.8 Å². The van der Waals surface area contributed by atoms with E-state index in [1.54, 1.807) is 0 Å². The van der Waals surface area contributed by atoms with E-state index in [0.29, 0.717) is 0 Å². The lowest BCUT2D eigenvalue weighted by Gasteiger charge is -2.42. The summed E-state index contributed by atoms with van der Waals surface area (Å²) in [5.41, 5.74) is -1.16. The first-order valence-electron chi connectivity index (χ1n) is 10.9. The standard InChI is InChI=1S/C21H38Cl2N2O5Si2/c1-19(2,3)31(7,8)28-13-14-16(30-32(9,10)20(4,5)6)21(22,23)17(29-14)25-12-11-15(26)24-18(25)27/h11-12,14,16-17H,13H2,1-10H3,(H,24,26,27). The normalized spacial score (nSPS) is 24.7. The van der Waals surface area contributed by atoms with Crippen molar-refractivity contribution >= 4 is 39.8 Å². The number of hydrogen-bond donors (Lipinski definition) is 1. The fraction of sp³-hybridized carbons (Fsp3) is 0.810. The van der Waals surface area contributed by atoms with E-state index in [2.05, 4.69) is 72.7 Å². The third kappa shape index (κ3) is 5.62. The number of ether oxygens (including phenoxy) is 1. The first-order valence-corrected chi connectivity index (χ1v) is 17.4. The number of nitrogens with zero attached hydrogens (tertiary/aromatic N) is 1. The molecule has 1 saturated heterocycles. The van der Waals surface area contributed by atoms with Crippen molar-refractivity contribution < 1.29 is 13.6 Å². The summed E-state index contributed by atoms with van der Waals surface area (Å²) in [6.07, 6.45) is -1.01. The van der Waals surface area contributed by atoms with E-state index in [-0.39, 0.29) is 16.7 Å². The molecule has 0 spiro atoms. The quantitative estimate of drug-likeness (QED) is 0.417. The van der Waals surface area contributed by atoms with E-state index >= 15 is 0 Å². The van der Waals surface area contributed by atoms with Crippen LogP contribution in [0.1, 0.15) is 47.8 Å². The number of H-pyrrole nitrogens is 1. The minimum Gasteiger partial charge on any atom is -0.414 e. The van der Waals surface area contributed by atoms with Gasteiger partial charge in [-0.05, 0) is 36.3 Å². The van der Waals surface area contributed by atoms with Crippen LogP contribution in [0.2, 0.25) is 36.3 Å². The molecule has 0 aliphatic carbocycles. The average molecular weight is 526 g/mol. The average Bonchev–Trinajstić information content (AvgIpc) is 2.82. The van der Waals surface area contributed by atoms with Crippen LogP contribution in [0, 0.1) is 0 Å². The Hall–Kier alpha value is -0.426. The molecule has 2 rings (SSSR count). The van der Waals surface area contributed by atoms with Crippen molar-refractivity contribution in [2.75, 3.05) is 6.61 Å². The molecule has 0 saturated carbocycles. The Morgan fingerprint density at radius 2 is 1.59 bits per heavy atom. The summed E-state index contributed by atoms with van der Waals surface area (Å²) < 4.78 is 18.9. The second-order valence-electron chi connectivity index (χ2n) is 11.6. The third-order valence-corrected chi connectivity index (χ3v) is 16.9. The smallest absolute Gasteiger partial charge is 0.330 e. The van der Waals surface area contributed by atoms with Gasteiger partial charge in [-0.15, -0.1) is 0 Å². The fourth-order valence-corrected chi connectivity index (χ4v) is 6.03. The molecule has 1 aliphatic heterocycles. The van der Waals surface area contributed by atoms with E-state index in [4.69, 9.17) is 36.8 Å². The first-order chi connectivity index (χ1) is 14.2. The Kier molecular flexibility index (Phi) is 7.80. The minimum absolute atomic E-state index is 0.00959. The van der Waals surface area contributed by atoms with Gasteiger partial charge in [0.2, 0.25) is 0 Å². The molecular weight excluding hydrogens is 487 g/mol. The van der Waals surface area contributed by atoms with Gasteiger partial charge in [0, 0.05) is 12.3 Å². The van der Waals surface area contributed by atoms with Gasteiger partial charge in [-0.25, -0.2) is 4.79 Å². The van der Waals surface area contributed by atoms with Crippen LogP contribution in [0.4, 0.5) is 0 Å². The molecule has 2 heterocycles. The number of hydrogen-bond acceptors (Lipinski definition) is 5. The Bertz CT molecular complexity index is 932. The zero-order chi connectivity index (χ0) is 24.9. The SMILES string of the molecule is CC(C)(C)[Si](C)(C)OCC1OC(n2ccc(=O)[nH]c2=O)C(Cl)(Cl)C1O[Si](C)(C)C(C)(C)C. The third-order valence-electron chi connectivity index (χ3n) is 7.10. The van der Waals surface area contributed by atoms with Gasteiger partial charge in [0.15, 0.2) is 27.2 Å². The van der Waals surface area contributed by atoms with E-state index in [1.807, 2.05) is 0 Å². The van der Waals surface area contributed by atoms with Gasteiger partial charge < -0.3 is 13.6 Å². The van der Waals surface area contributed by atoms with Gasteiger partial charge in [0.05, 0.1) is 6.61 Å². The summed E-state index contributed by atoms with van der Waals surface area (Å²) in [6, 6.07) is 1.23. The van der Waals surface area contributed by atoms with Crippen LogP contribution in [0.5, 0.6) is 0 Å². The van der Waals surface area contributed by atoms with Crippen molar-refractivity contribution in [2.45, 2.75) is 101 Å². The van der Waals surface area contributed by atoms with Crippen molar-refractivity contribution in [3.05, 3.63) is 33.1 Å². The van der Waals surface area contributed by atoms with E-state index in [9.17, 15) is 9.59 Å². The predicted octanol–water partition coefficient (Wildman–Crippen LogP) is 5.02. The maximum atomic E-state index is 12.5. The summed E-state index contributed by atoms with van der Waals surface area (Å²) in [4.78, 5) is 26.2. The second-order valence-corrected chi connectivity index (χ2v) is 22.6. The van der Waals surface area contributed by atoms with Crippen molar-refractivity contribution in [2.24, 2.45) is 0 Å². The number of rotatable bonds is 6. The van der Waals surface area contributed by atoms with Crippen LogP contribution in [-0.4, -0.2) is 49.3 Å². The highest BCUT2D eigenvalue weighted by atomic mass is 35.5. The summed E-state index contributed by atoms with van der Waals surface area (Å²) in [5, 5.41) is -0.0791. The van der Waals surface area contributed by atoms with Gasteiger partial charge >= 0.3 is 5.69 Å². The van der Waals surface area contributed by atoms with Crippen molar-refractivity contribution in [1.82, 2.24) is 9.55 Å². The maximum absolute atomic E-state index is 12.5. The topological polar surface area (TPSA) is 82.5 Å². The van der Waals surface area contributed by atoms with Crippen LogP contribution in [0.15, 0.2) is 21.9 Å². The van der Waals surface area contributed by atoms with Gasteiger partial charge in [-0.3, -0.25) is 14.3 Å². The molecule has 11 heteroatoms. The van der Waals surface area contributed by atoms with Gasteiger partial charge in [0.1, 0.15) is 12.2 Å². The molecule has 3 unspecified atom stereocenters. The number of aromatic amines is 1. The molecule has 1 aromatic heterocycles. The van der Waals surface area contributed by atoms with Crippen LogP contribution < -0.4 is 11.2 Å². The highest BCUT2D eigenvalue weighted by Crippen LogP contribution is 2.51. The molecule has 0 amide bonds. The van der Waals surface area contributed by atoms with Crippen LogP contribution in [0.3, 0.4) is 0 Å². The highest BCUT2D eigenvalue weighted by molar-refractivity contribution is 6.74. The summed E-state index contributed by atoms with van der Waals surface area (Å²) in [7, 11) is -4.39. The molecular formula is C21H38Cl2N2O5Si2. The molecule has 7 nitrogen and oxygen atoms in total. The van der Waals surface area contributed by atoms with Crippen molar-refractivity contribution in [1.29, 1.82) is 0 Å². The Morgan fingerprint density at radius 1 is 1.06 bits per heavy atom. The molecule has 32 heavy (non-hydrogen) atoms. The Labute approximate surface area is 203 Å². The van der Waals surface area contributed by atoms with Gasteiger partial charge in [0.25, 0.3) is 5.56 Å². The Balaban J connectivity index is 2.46. The number of aromatic nitrogens is 2. The van der Waals surface area contributed by atoms with E-state index in [0.717, 1.165) is 0 Å². The molecule has 1 fully saturated rings. The van der Waals surface area contributed by atoms with Gasteiger partial charge in [-0.2, -0.15) is 0 Å².